The second-order valence-electron chi connectivity index (χ2n) is 13.1. The molecule has 264 valence electrons. The van der Waals surface area contributed by atoms with E-state index in [2.05, 4.69) is 58.0 Å². The summed E-state index contributed by atoms with van der Waals surface area (Å²) in [6, 6.07) is 13.3. The molecule has 0 fully saturated rings. The molecule has 0 heterocycles. The van der Waals surface area contributed by atoms with Crippen molar-refractivity contribution >= 4 is 41.6 Å². The Morgan fingerprint density at radius 3 is 2.04 bits per heavy atom. The largest absolute Gasteiger partial charge is 0.481 e. The molecule has 0 spiro atoms. The highest BCUT2D eigenvalue weighted by molar-refractivity contribution is 5.84. The van der Waals surface area contributed by atoms with E-state index in [1.807, 2.05) is 37.3 Å². The third kappa shape index (κ3) is 13.0. The summed E-state index contributed by atoms with van der Waals surface area (Å²) in [4.78, 5) is 45.4. The fourth-order valence-corrected chi connectivity index (χ4v) is 5.87. The summed E-state index contributed by atoms with van der Waals surface area (Å²) >= 11 is 0. The lowest BCUT2D eigenvalue weighted by Crippen LogP contribution is -2.21. The van der Waals surface area contributed by atoms with Crippen molar-refractivity contribution in [3.8, 4) is 11.5 Å². The molecule has 0 unspecified atom stereocenters. The minimum absolute atomic E-state index is 0.0106. The lowest BCUT2D eigenvalue weighted by Gasteiger charge is -2.36. The summed E-state index contributed by atoms with van der Waals surface area (Å²) in [6.45, 7) is 13.6. The molecule has 0 saturated carbocycles. The molecule has 0 bridgehead atoms. The molecule has 2 aromatic carbocycles. The fraction of sp³-hybridized carbons (Fsp3) is 0.333. The minimum Gasteiger partial charge on any atom is -0.481 e. The van der Waals surface area contributed by atoms with Gasteiger partial charge in [0.1, 0.15) is 18.1 Å². The van der Waals surface area contributed by atoms with Gasteiger partial charge in [-0.1, -0.05) is 91.3 Å². The Labute approximate surface area is 295 Å². The van der Waals surface area contributed by atoms with Gasteiger partial charge in [-0.2, -0.15) is 0 Å². The second kappa shape index (κ2) is 18.5. The predicted octanol–water partition coefficient (Wildman–Crippen LogP) is 9.47. The Hall–Kier alpha value is -5.24. The Morgan fingerprint density at radius 2 is 1.46 bits per heavy atom. The topological polar surface area (TPSA) is 116 Å². The first kappa shape index (κ1) is 39.2. The van der Waals surface area contributed by atoms with Gasteiger partial charge in [0.2, 0.25) is 0 Å². The van der Waals surface area contributed by atoms with Gasteiger partial charge in [0.05, 0.1) is 12.8 Å². The summed E-state index contributed by atoms with van der Waals surface area (Å²) in [6.07, 6.45) is 16.7. The first-order chi connectivity index (χ1) is 23.6. The zero-order valence-electron chi connectivity index (χ0n) is 30.1. The van der Waals surface area contributed by atoms with Crippen LogP contribution >= 0.6 is 0 Å². The number of hydrogen-bond acceptors (Lipinski definition) is 7. The molecule has 1 N–H and O–H groups in total. The maximum atomic E-state index is 11.7. The quantitative estimate of drug-likeness (QED) is 0.0908. The van der Waals surface area contributed by atoms with Crippen molar-refractivity contribution < 1.29 is 38.5 Å². The highest BCUT2D eigenvalue weighted by Crippen LogP contribution is 2.47. The normalized spacial score (nSPS) is 15.4. The van der Waals surface area contributed by atoms with Gasteiger partial charge in [-0.3, -0.25) is 19.2 Å². The fourth-order valence-electron chi connectivity index (χ4n) is 5.87. The maximum Gasteiger partial charge on any atom is 0.308 e. The van der Waals surface area contributed by atoms with Crippen molar-refractivity contribution in [2.75, 3.05) is 6.61 Å². The third-order valence-corrected chi connectivity index (χ3v) is 8.12. The number of rotatable bonds is 14. The van der Waals surface area contributed by atoms with Gasteiger partial charge in [-0.05, 0) is 91.5 Å². The number of aliphatic carboxylic acids is 1. The molecular formula is C42H48O8. The molecule has 2 aromatic rings. The summed E-state index contributed by atoms with van der Waals surface area (Å²) in [7, 11) is 0. The molecular weight excluding hydrogens is 632 g/mol. The van der Waals surface area contributed by atoms with Gasteiger partial charge in [0.25, 0.3) is 0 Å². The van der Waals surface area contributed by atoms with Gasteiger partial charge >= 0.3 is 23.9 Å². The van der Waals surface area contributed by atoms with Crippen LogP contribution in [0.5, 0.6) is 11.5 Å². The van der Waals surface area contributed by atoms with E-state index in [9.17, 15) is 19.2 Å². The molecule has 0 aliphatic heterocycles. The second-order valence-corrected chi connectivity index (χ2v) is 13.1. The number of carboxylic acid groups (broad SMARTS) is 1. The number of carboxylic acids is 1. The van der Waals surface area contributed by atoms with E-state index in [0.29, 0.717) is 17.1 Å². The first-order valence-electron chi connectivity index (χ1n) is 16.7. The van der Waals surface area contributed by atoms with Crippen LogP contribution < -0.4 is 9.47 Å². The Kier molecular flexibility index (Phi) is 14.5. The molecule has 3 rings (SSSR count). The molecule has 0 amide bonds. The Bertz CT molecular complexity index is 1730. The van der Waals surface area contributed by atoms with Crippen LogP contribution in [0.3, 0.4) is 0 Å². The monoisotopic (exact) mass is 680 g/mol. The average Bonchev–Trinajstić information content (AvgIpc) is 3.01. The summed E-state index contributed by atoms with van der Waals surface area (Å²) in [5, 5.41) is 8.70. The number of allylic oxidation sites excluding steroid dienone is 9. The average molecular weight is 681 g/mol. The SMILES string of the molecule is CC(=O)Oc1cc(/C=C/c2ccc(\C(=C/C(C)=C\C=C\C(C)=C/COC(=O)CCC(=O)O)C3=C(C)CCCC3(C)C)cc2)cc(OC(C)=O)c1. The number of carbonyl (C=O) groups excluding carboxylic acids is 3. The van der Waals surface area contributed by atoms with E-state index in [0.717, 1.165) is 41.5 Å². The Morgan fingerprint density at radius 1 is 0.840 bits per heavy atom. The van der Waals surface area contributed by atoms with E-state index in [1.54, 1.807) is 18.2 Å². The van der Waals surface area contributed by atoms with Crippen LogP contribution in [0.1, 0.15) is 97.3 Å². The van der Waals surface area contributed by atoms with Crippen LogP contribution in [0, 0.1) is 5.41 Å². The maximum absolute atomic E-state index is 11.7. The summed E-state index contributed by atoms with van der Waals surface area (Å²) in [5.74, 6) is -1.91. The minimum atomic E-state index is -1.03. The Balaban J connectivity index is 1.87. The number of ether oxygens (including phenoxy) is 3. The van der Waals surface area contributed by atoms with Gasteiger partial charge in [0, 0.05) is 19.9 Å². The highest BCUT2D eigenvalue weighted by Gasteiger charge is 2.31. The van der Waals surface area contributed by atoms with Crippen molar-refractivity contribution in [2.45, 2.75) is 80.6 Å². The van der Waals surface area contributed by atoms with E-state index in [-0.39, 0.29) is 24.9 Å². The molecule has 0 aromatic heterocycles. The van der Waals surface area contributed by atoms with Gasteiger partial charge < -0.3 is 19.3 Å². The van der Waals surface area contributed by atoms with Crippen molar-refractivity contribution in [3.05, 3.63) is 112 Å². The van der Waals surface area contributed by atoms with Crippen molar-refractivity contribution in [1.29, 1.82) is 0 Å². The molecule has 0 saturated heterocycles. The van der Waals surface area contributed by atoms with Crippen LogP contribution in [0.4, 0.5) is 0 Å². The van der Waals surface area contributed by atoms with Crippen LogP contribution in [0.15, 0.2) is 95.1 Å². The van der Waals surface area contributed by atoms with E-state index in [4.69, 9.17) is 19.3 Å². The van der Waals surface area contributed by atoms with Gasteiger partial charge in [0.15, 0.2) is 0 Å². The van der Waals surface area contributed by atoms with Gasteiger partial charge in [-0.25, -0.2) is 0 Å². The predicted molar refractivity (Wildman–Crippen MR) is 197 cm³/mol. The summed E-state index contributed by atoms with van der Waals surface area (Å²) in [5.41, 5.74) is 8.74. The molecule has 1 aliphatic rings. The first-order valence-corrected chi connectivity index (χ1v) is 16.7. The van der Waals surface area contributed by atoms with Crippen molar-refractivity contribution in [1.82, 2.24) is 0 Å². The molecule has 8 nitrogen and oxygen atoms in total. The number of carbonyl (C=O) groups is 4. The van der Waals surface area contributed by atoms with Crippen molar-refractivity contribution in [2.24, 2.45) is 5.41 Å². The zero-order chi connectivity index (χ0) is 36.8. The number of benzene rings is 2. The van der Waals surface area contributed by atoms with Gasteiger partial charge in [-0.15, -0.1) is 0 Å². The van der Waals surface area contributed by atoms with Crippen LogP contribution in [-0.2, 0) is 23.9 Å². The third-order valence-electron chi connectivity index (χ3n) is 8.12. The standard InChI is InChI=1S/C42H48O8/c1-28(21-23-48-40(47)20-19-39(45)46)10-8-11-29(2)24-38(41-30(3)12-9-22-42(41,6)7)35-17-15-33(16-18-35)13-14-34-25-36(49-31(4)43)27-37(26-34)50-32(5)44/h8,10-11,13-18,21,24-27H,9,12,19-20,22-23H2,1-7H3,(H,45,46)/b10-8+,14-13+,28-21-,29-11-,38-24+. The van der Waals surface area contributed by atoms with E-state index < -0.39 is 23.9 Å². The lowest BCUT2D eigenvalue weighted by molar-refractivity contribution is -0.146. The molecule has 0 radical (unpaired) electrons. The lowest BCUT2D eigenvalue weighted by atomic mass is 9.68. The molecule has 1 aliphatic carbocycles. The smallest absolute Gasteiger partial charge is 0.308 e. The van der Waals surface area contributed by atoms with Crippen molar-refractivity contribution in [3.63, 3.8) is 0 Å². The number of esters is 3. The van der Waals surface area contributed by atoms with E-state index in [1.165, 1.54) is 36.6 Å². The molecule has 8 heteroatoms. The number of hydrogen-bond donors (Lipinski definition) is 1. The van der Waals surface area contributed by atoms with Crippen LogP contribution in [-0.4, -0.2) is 35.6 Å². The van der Waals surface area contributed by atoms with Crippen LogP contribution in [0.25, 0.3) is 17.7 Å². The summed E-state index contributed by atoms with van der Waals surface area (Å²) < 4.78 is 15.6. The highest BCUT2D eigenvalue weighted by atomic mass is 16.5. The zero-order valence-corrected chi connectivity index (χ0v) is 30.1. The van der Waals surface area contributed by atoms with Crippen LogP contribution in [0.2, 0.25) is 0 Å². The molecule has 0 atom stereocenters. The van der Waals surface area contributed by atoms with E-state index >= 15 is 0 Å². The molecule has 50 heavy (non-hydrogen) atoms.